The van der Waals surface area contributed by atoms with Crippen LogP contribution in [-0.4, -0.2) is 4.57 Å². The smallest absolute Gasteiger partial charge is 0.0541 e. The van der Waals surface area contributed by atoms with Crippen molar-refractivity contribution in [3.8, 4) is 5.69 Å². The van der Waals surface area contributed by atoms with E-state index in [1.165, 1.54) is 33.1 Å². The Balaban J connectivity index is 2.09. The molecule has 0 amide bonds. The lowest BCUT2D eigenvalue weighted by atomic mass is 9.87. The highest BCUT2D eigenvalue weighted by atomic mass is 15.0. The van der Waals surface area contributed by atoms with Crippen molar-refractivity contribution in [3.05, 3.63) is 78.4 Å². The summed E-state index contributed by atoms with van der Waals surface area (Å²) in [6, 6.07) is 26.2. The van der Waals surface area contributed by atoms with E-state index in [0.29, 0.717) is 0 Å². The van der Waals surface area contributed by atoms with Crippen molar-refractivity contribution >= 4 is 21.8 Å². The van der Waals surface area contributed by atoms with Crippen LogP contribution < -0.4 is 0 Å². The topological polar surface area (TPSA) is 4.93 Å². The molecule has 0 bridgehead atoms. The second-order valence-corrected chi connectivity index (χ2v) is 7.17. The summed E-state index contributed by atoms with van der Waals surface area (Å²) in [5.74, 6) is 0. The largest absolute Gasteiger partial charge is 0.309 e. The third kappa shape index (κ3) is 2.24. The molecule has 114 valence electrons. The summed E-state index contributed by atoms with van der Waals surface area (Å²) in [5.41, 5.74) is 5.26. The first-order valence-electron chi connectivity index (χ1n) is 8.15. The van der Waals surface area contributed by atoms with Gasteiger partial charge in [-0.1, -0.05) is 69.3 Å². The molecule has 1 heteroatoms. The van der Waals surface area contributed by atoms with Crippen LogP contribution in [0.5, 0.6) is 0 Å². The lowest BCUT2D eigenvalue weighted by Gasteiger charge is -2.20. The summed E-state index contributed by atoms with van der Waals surface area (Å²) in [6.07, 6.45) is 0. The maximum Gasteiger partial charge on any atom is 0.0541 e. The van der Waals surface area contributed by atoms with Crippen molar-refractivity contribution < 1.29 is 0 Å². The summed E-state index contributed by atoms with van der Waals surface area (Å²) in [6.45, 7) is 6.79. The molecule has 0 aliphatic rings. The molecule has 0 radical (unpaired) electrons. The number of nitrogens with zero attached hydrogens (tertiary/aromatic N) is 1. The molecule has 1 heterocycles. The highest BCUT2D eigenvalue weighted by Crippen LogP contribution is 2.33. The van der Waals surface area contributed by atoms with Crippen molar-refractivity contribution in [2.24, 2.45) is 0 Å². The molecule has 0 fully saturated rings. The Morgan fingerprint density at radius 3 is 1.78 bits per heavy atom. The molecular weight excluding hydrogens is 278 g/mol. The molecule has 0 saturated carbocycles. The van der Waals surface area contributed by atoms with Gasteiger partial charge < -0.3 is 4.57 Å². The zero-order valence-corrected chi connectivity index (χ0v) is 13.9. The van der Waals surface area contributed by atoms with E-state index in [2.05, 4.69) is 98.1 Å². The van der Waals surface area contributed by atoms with Gasteiger partial charge in [0.1, 0.15) is 0 Å². The summed E-state index contributed by atoms with van der Waals surface area (Å²) in [4.78, 5) is 0. The van der Waals surface area contributed by atoms with Gasteiger partial charge in [-0.25, -0.2) is 0 Å². The predicted octanol–water partition coefficient (Wildman–Crippen LogP) is 6.08. The fourth-order valence-electron chi connectivity index (χ4n) is 3.31. The number of fused-ring (bicyclic) bond motifs is 3. The van der Waals surface area contributed by atoms with Gasteiger partial charge in [-0.05, 0) is 35.2 Å². The first kappa shape index (κ1) is 14.1. The van der Waals surface area contributed by atoms with E-state index >= 15 is 0 Å². The summed E-state index contributed by atoms with van der Waals surface area (Å²) in [5, 5.41) is 2.62. The molecule has 3 aromatic carbocycles. The Morgan fingerprint density at radius 2 is 1.22 bits per heavy atom. The zero-order valence-electron chi connectivity index (χ0n) is 13.9. The molecule has 4 aromatic rings. The highest BCUT2D eigenvalue weighted by molar-refractivity contribution is 6.09. The van der Waals surface area contributed by atoms with Gasteiger partial charge in [-0.3, -0.25) is 0 Å². The minimum Gasteiger partial charge on any atom is -0.309 e. The van der Waals surface area contributed by atoms with Gasteiger partial charge in [-0.2, -0.15) is 0 Å². The Labute approximate surface area is 137 Å². The number of para-hydroxylation sites is 2. The van der Waals surface area contributed by atoms with Crippen LogP contribution in [0.3, 0.4) is 0 Å². The quantitative estimate of drug-likeness (QED) is 0.401. The second kappa shape index (κ2) is 4.99. The van der Waals surface area contributed by atoms with Crippen LogP contribution in [0.25, 0.3) is 27.5 Å². The number of hydrogen-bond acceptors (Lipinski definition) is 0. The van der Waals surface area contributed by atoms with Crippen LogP contribution >= 0.6 is 0 Å². The van der Waals surface area contributed by atoms with Crippen LogP contribution in [0, 0.1) is 0 Å². The van der Waals surface area contributed by atoms with Crippen LogP contribution in [0.15, 0.2) is 72.8 Å². The van der Waals surface area contributed by atoms with E-state index in [1.54, 1.807) is 0 Å². The third-order valence-corrected chi connectivity index (χ3v) is 4.55. The van der Waals surface area contributed by atoms with Crippen LogP contribution in [-0.2, 0) is 5.41 Å². The van der Waals surface area contributed by atoms with Gasteiger partial charge in [0.2, 0.25) is 0 Å². The van der Waals surface area contributed by atoms with E-state index in [-0.39, 0.29) is 5.41 Å². The molecule has 0 unspecified atom stereocenters. The number of aromatic nitrogens is 1. The molecule has 0 N–H and O–H groups in total. The molecule has 0 spiro atoms. The van der Waals surface area contributed by atoms with E-state index < -0.39 is 0 Å². The number of rotatable bonds is 1. The molecular formula is C22H21N. The average Bonchev–Trinajstić information content (AvgIpc) is 2.89. The summed E-state index contributed by atoms with van der Waals surface area (Å²) in [7, 11) is 0. The van der Waals surface area contributed by atoms with Gasteiger partial charge in [-0.15, -0.1) is 0 Å². The predicted molar refractivity (Wildman–Crippen MR) is 99.5 cm³/mol. The zero-order chi connectivity index (χ0) is 16.0. The summed E-state index contributed by atoms with van der Waals surface area (Å²) >= 11 is 0. The van der Waals surface area contributed by atoms with Crippen molar-refractivity contribution in [3.63, 3.8) is 0 Å². The molecule has 0 aliphatic heterocycles. The Kier molecular flexibility index (Phi) is 3.05. The SMILES string of the molecule is CC(C)(C)c1cccc(-n2c3ccccc3c3ccccc32)c1. The minimum absolute atomic E-state index is 0.148. The lowest BCUT2D eigenvalue weighted by molar-refractivity contribution is 0.590. The maximum absolute atomic E-state index is 2.37. The molecule has 4 rings (SSSR count). The standard InChI is InChI=1S/C22H21N/c1-22(2,3)16-9-8-10-17(15-16)23-20-13-6-4-11-18(20)19-12-5-7-14-21(19)23/h4-15H,1-3H3. The molecule has 1 aromatic heterocycles. The Hall–Kier alpha value is -2.54. The van der Waals surface area contributed by atoms with Gasteiger partial charge >= 0.3 is 0 Å². The molecule has 1 nitrogen and oxygen atoms in total. The normalized spacial score (nSPS) is 12.1. The lowest BCUT2D eigenvalue weighted by Crippen LogP contribution is -2.11. The number of hydrogen-bond donors (Lipinski definition) is 0. The molecule has 0 atom stereocenters. The fraction of sp³-hybridized carbons (Fsp3) is 0.182. The van der Waals surface area contributed by atoms with Gasteiger partial charge in [0.25, 0.3) is 0 Å². The van der Waals surface area contributed by atoms with Gasteiger partial charge in [0.15, 0.2) is 0 Å². The number of benzene rings is 3. The minimum atomic E-state index is 0.148. The van der Waals surface area contributed by atoms with Gasteiger partial charge in [0.05, 0.1) is 11.0 Å². The van der Waals surface area contributed by atoms with Crippen LogP contribution in [0.1, 0.15) is 26.3 Å². The van der Waals surface area contributed by atoms with E-state index in [9.17, 15) is 0 Å². The average molecular weight is 299 g/mol. The van der Waals surface area contributed by atoms with Crippen molar-refractivity contribution in [2.75, 3.05) is 0 Å². The van der Waals surface area contributed by atoms with Crippen LogP contribution in [0.2, 0.25) is 0 Å². The third-order valence-electron chi connectivity index (χ3n) is 4.55. The fourth-order valence-corrected chi connectivity index (χ4v) is 3.31. The second-order valence-electron chi connectivity index (χ2n) is 7.17. The Bertz CT molecular complexity index is 946. The van der Waals surface area contributed by atoms with E-state index in [1.807, 2.05) is 0 Å². The van der Waals surface area contributed by atoms with Crippen molar-refractivity contribution in [1.82, 2.24) is 4.57 Å². The molecule has 23 heavy (non-hydrogen) atoms. The molecule has 0 aliphatic carbocycles. The van der Waals surface area contributed by atoms with Crippen molar-refractivity contribution in [1.29, 1.82) is 0 Å². The molecule has 0 saturated heterocycles. The first-order chi connectivity index (χ1) is 11.1. The van der Waals surface area contributed by atoms with Crippen LogP contribution in [0.4, 0.5) is 0 Å². The highest BCUT2D eigenvalue weighted by Gasteiger charge is 2.16. The van der Waals surface area contributed by atoms with E-state index in [0.717, 1.165) is 0 Å². The summed E-state index contributed by atoms with van der Waals surface area (Å²) < 4.78 is 2.37. The maximum atomic E-state index is 2.37. The monoisotopic (exact) mass is 299 g/mol. The van der Waals surface area contributed by atoms with Crippen molar-refractivity contribution in [2.45, 2.75) is 26.2 Å². The van der Waals surface area contributed by atoms with E-state index in [4.69, 9.17) is 0 Å². The first-order valence-corrected chi connectivity index (χ1v) is 8.15. The Morgan fingerprint density at radius 1 is 0.652 bits per heavy atom. The van der Waals surface area contributed by atoms with Gasteiger partial charge in [0, 0.05) is 16.5 Å².